The molecular weight excluding hydrogens is 234 g/mol. The van der Waals surface area contributed by atoms with Gasteiger partial charge in [0.1, 0.15) is 0 Å². The fraction of sp³-hybridized carbons (Fsp3) is 0.562. The third-order valence-electron chi connectivity index (χ3n) is 4.67. The van der Waals surface area contributed by atoms with Gasteiger partial charge in [-0.3, -0.25) is 0 Å². The van der Waals surface area contributed by atoms with Crippen LogP contribution in [0.3, 0.4) is 0 Å². The van der Waals surface area contributed by atoms with E-state index in [0.29, 0.717) is 12.0 Å². The van der Waals surface area contributed by atoms with Crippen LogP contribution in [0, 0.1) is 12.8 Å². The summed E-state index contributed by atoms with van der Waals surface area (Å²) < 4.78 is 2.30. The van der Waals surface area contributed by atoms with Gasteiger partial charge in [0.15, 0.2) is 0 Å². The summed E-state index contributed by atoms with van der Waals surface area (Å²) in [4.78, 5) is 4.60. The van der Waals surface area contributed by atoms with Crippen LogP contribution in [0.1, 0.15) is 50.6 Å². The molecule has 3 nitrogen and oxygen atoms in total. The quantitative estimate of drug-likeness (QED) is 0.881. The second-order valence-corrected chi connectivity index (χ2v) is 5.80. The van der Waals surface area contributed by atoms with Gasteiger partial charge in [-0.05, 0) is 37.3 Å². The van der Waals surface area contributed by atoms with Crippen molar-refractivity contribution in [3.8, 4) is 0 Å². The molecule has 1 aromatic carbocycles. The molecule has 2 aromatic rings. The lowest BCUT2D eigenvalue weighted by Gasteiger charge is -2.32. The first-order chi connectivity index (χ1) is 9.22. The first-order valence-corrected chi connectivity index (χ1v) is 7.45. The van der Waals surface area contributed by atoms with E-state index < -0.39 is 0 Å². The Hall–Kier alpha value is -1.51. The molecule has 2 unspecified atom stereocenters. The number of fused-ring (bicyclic) bond motifs is 1. The Labute approximate surface area is 114 Å². The topological polar surface area (TPSA) is 43.8 Å². The third-order valence-corrected chi connectivity index (χ3v) is 4.67. The van der Waals surface area contributed by atoms with Crippen LogP contribution in [-0.2, 0) is 0 Å². The number of aryl methyl sites for hydroxylation is 1. The molecule has 0 amide bonds. The molecule has 3 rings (SSSR count). The van der Waals surface area contributed by atoms with E-state index in [9.17, 15) is 0 Å². The van der Waals surface area contributed by atoms with E-state index in [1.165, 1.54) is 43.2 Å². The van der Waals surface area contributed by atoms with Gasteiger partial charge in [-0.15, -0.1) is 0 Å². The highest BCUT2D eigenvalue weighted by molar-refractivity contribution is 5.81. The number of rotatable bonds is 2. The second kappa shape index (κ2) is 4.87. The fourth-order valence-electron chi connectivity index (χ4n) is 3.63. The van der Waals surface area contributed by atoms with Crippen molar-refractivity contribution in [2.75, 3.05) is 5.73 Å². The van der Waals surface area contributed by atoms with E-state index in [-0.39, 0.29) is 0 Å². The zero-order valence-corrected chi connectivity index (χ0v) is 11.9. The molecule has 0 spiro atoms. The molecule has 102 valence electrons. The Bertz CT molecular complexity index is 585. The highest BCUT2D eigenvalue weighted by Crippen LogP contribution is 2.39. The normalized spacial score (nSPS) is 23.9. The van der Waals surface area contributed by atoms with Crippen LogP contribution < -0.4 is 5.73 Å². The van der Waals surface area contributed by atoms with Gasteiger partial charge >= 0.3 is 0 Å². The highest BCUT2D eigenvalue weighted by Gasteiger charge is 2.28. The molecule has 1 aliphatic carbocycles. The summed E-state index contributed by atoms with van der Waals surface area (Å²) in [6.07, 6.45) is 6.47. The van der Waals surface area contributed by atoms with E-state index in [0.717, 1.165) is 11.4 Å². The standard InChI is InChI=1S/C16H23N3/c1-3-12-8-4-5-9-13(12)19-14-10-6-7-11(2)15(14)18-16(19)17/h6-7,10,12-13H,3-5,8-9H2,1-2H3,(H2,17,18). The molecule has 1 fully saturated rings. The van der Waals surface area contributed by atoms with Gasteiger partial charge in [0.2, 0.25) is 5.95 Å². The molecule has 1 aromatic heterocycles. The highest BCUT2D eigenvalue weighted by atomic mass is 15.2. The molecule has 0 radical (unpaired) electrons. The number of hydrogen-bond donors (Lipinski definition) is 1. The van der Waals surface area contributed by atoms with Crippen LogP contribution in [-0.4, -0.2) is 9.55 Å². The Morgan fingerprint density at radius 1 is 1.32 bits per heavy atom. The first-order valence-electron chi connectivity index (χ1n) is 7.45. The van der Waals surface area contributed by atoms with Crippen molar-refractivity contribution in [1.82, 2.24) is 9.55 Å². The summed E-state index contributed by atoms with van der Waals surface area (Å²) in [5.74, 6) is 1.43. The van der Waals surface area contributed by atoms with Crippen LogP contribution in [0.25, 0.3) is 11.0 Å². The van der Waals surface area contributed by atoms with Gasteiger partial charge in [-0.2, -0.15) is 0 Å². The maximum absolute atomic E-state index is 6.22. The number of imidazole rings is 1. The maximum atomic E-state index is 6.22. The molecular formula is C16H23N3. The van der Waals surface area contributed by atoms with Crippen molar-refractivity contribution in [3.05, 3.63) is 23.8 Å². The van der Waals surface area contributed by atoms with E-state index in [1.807, 2.05) is 0 Å². The molecule has 1 saturated carbocycles. The largest absolute Gasteiger partial charge is 0.369 e. The summed E-state index contributed by atoms with van der Waals surface area (Å²) in [6.45, 7) is 4.40. The molecule has 19 heavy (non-hydrogen) atoms. The molecule has 0 bridgehead atoms. The number of nitrogens with zero attached hydrogens (tertiary/aromatic N) is 2. The lowest BCUT2D eigenvalue weighted by molar-refractivity contribution is 0.239. The Balaban J connectivity index is 2.13. The number of aromatic nitrogens is 2. The average Bonchev–Trinajstić information content (AvgIpc) is 2.76. The summed E-state index contributed by atoms with van der Waals surface area (Å²) in [5.41, 5.74) is 9.72. The Morgan fingerprint density at radius 2 is 2.11 bits per heavy atom. The minimum Gasteiger partial charge on any atom is -0.369 e. The summed E-state index contributed by atoms with van der Waals surface area (Å²) in [6, 6.07) is 6.91. The fourth-order valence-corrected chi connectivity index (χ4v) is 3.63. The van der Waals surface area contributed by atoms with Gasteiger partial charge in [0, 0.05) is 6.04 Å². The zero-order valence-electron chi connectivity index (χ0n) is 11.9. The number of nitrogen functional groups attached to an aromatic ring is 1. The third kappa shape index (κ3) is 2.01. The van der Waals surface area contributed by atoms with Crippen LogP contribution in [0.4, 0.5) is 5.95 Å². The van der Waals surface area contributed by atoms with Crippen molar-refractivity contribution in [3.63, 3.8) is 0 Å². The van der Waals surface area contributed by atoms with Gasteiger partial charge < -0.3 is 10.3 Å². The predicted molar refractivity (Wildman–Crippen MR) is 80.2 cm³/mol. The molecule has 0 aliphatic heterocycles. The van der Waals surface area contributed by atoms with Crippen LogP contribution in [0.2, 0.25) is 0 Å². The predicted octanol–water partition coefficient (Wildman–Crippen LogP) is 4.07. The Morgan fingerprint density at radius 3 is 2.89 bits per heavy atom. The summed E-state index contributed by atoms with van der Waals surface area (Å²) in [7, 11) is 0. The second-order valence-electron chi connectivity index (χ2n) is 5.80. The van der Waals surface area contributed by atoms with Crippen LogP contribution in [0.5, 0.6) is 0 Å². The molecule has 2 N–H and O–H groups in total. The van der Waals surface area contributed by atoms with Gasteiger partial charge in [0.05, 0.1) is 11.0 Å². The van der Waals surface area contributed by atoms with Gasteiger partial charge in [-0.1, -0.05) is 38.3 Å². The molecule has 1 aliphatic rings. The number of hydrogen-bond acceptors (Lipinski definition) is 2. The van der Waals surface area contributed by atoms with E-state index >= 15 is 0 Å². The number of benzene rings is 1. The monoisotopic (exact) mass is 257 g/mol. The Kier molecular flexibility index (Phi) is 3.21. The first kappa shape index (κ1) is 12.5. The van der Waals surface area contributed by atoms with Crippen LogP contribution >= 0.6 is 0 Å². The van der Waals surface area contributed by atoms with Gasteiger partial charge in [0.25, 0.3) is 0 Å². The minimum atomic E-state index is 0.533. The van der Waals surface area contributed by atoms with E-state index in [2.05, 4.69) is 41.6 Å². The van der Waals surface area contributed by atoms with Crippen molar-refractivity contribution in [2.45, 2.75) is 52.0 Å². The molecule has 1 heterocycles. The molecule has 3 heteroatoms. The van der Waals surface area contributed by atoms with E-state index in [4.69, 9.17) is 5.73 Å². The lowest BCUT2D eigenvalue weighted by atomic mass is 9.82. The summed E-state index contributed by atoms with van der Waals surface area (Å²) in [5, 5.41) is 0. The van der Waals surface area contributed by atoms with Crippen molar-refractivity contribution < 1.29 is 0 Å². The SMILES string of the molecule is CCC1CCCCC1n1c(N)nc2c(C)cccc21. The van der Waals surface area contributed by atoms with Gasteiger partial charge in [-0.25, -0.2) is 4.98 Å². The average molecular weight is 257 g/mol. The minimum absolute atomic E-state index is 0.533. The molecule has 2 atom stereocenters. The number of anilines is 1. The zero-order chi connectivity index (χ0) is 13.4. The van der Waals surface area contributed by atoms with Crippen LogP contribution in [0.15, 0.2) is 18.2 Å². The van der Waals surface area contributed by atoms with E-state index in [1.54, 1.807) is 0 Å². The van der Waals surface area contributed by atoms with Crippen molar-refractivity contribution >= 4 is 17.0 Å². The van der Waals surface area contributed by atoms with Crippen molar-refractivity contribution in [1.29, 1.82) is 0 Å². The summed E-state index contributed by atoms with van der Waals surface area (Å²) >= 11 is 0. The maximum Gasteiger partial charge on any atom is 0.201 e. The smallest absolute Gasteiger partial charge is 0.201 e. The number of nitrogens with two attached hydrogens (primary N) is 1. The lowest BCUT2D eigenvalue weighted by Crippen LogP contribution is -2.23. The number of para-hydroxylation sites is 1. The molecule has 0 saturated heterocycles. The van der Waals surface area contributed by atoms with Crippen molar-refractivity contribution in [2.24, 2.45) is 5.92 Å².